The SMILES string of the molecule is OCc1cccn1Cc1cnsn1. The Kier molecular flexibility index (Phi) is 2.37. The third kappa shape index (κ3) is 1.76. The van der Waals surface area contributed by atoms with E-state index in [0.29, 0.717) is 6.54 Å². The fraction of sp³-hybridized carbons (Fsp3) is 0.250. The highest BCUT2D eigenvalue weighted by Gasteiger charge is 2.01. The average molecular weight is 195 g/mol. The van der Waals surface area contributed by atoms with Gasteiger partial charge in [-0.05, 0) is 12.1 Å². The van der Waals surface area contributed by atoms with Crippen molar-refractivity contribution < 1.29 is 5.11 Å². The number of hydrogen-bond acceptors (Lipinski definition) is 4. The van der Waals surface area contributed by atoms with Gasteiger partial charge in [0, 0.05) is 11.9 Å². The predicted molar refractivity (Wildman–Crippen MR) is 49.4 cm³/mol. The molecule has 4 nitrogen and oxygen atoms in total. The standard InChI is InChI=1S/C8H9N3OS/c12-6-8-2-1-3-11(8)5-7-4-9-13-10-7/h1-4,12H,5-6H2. The van der Waals surface area contributed by atoms with Gasteiger partial charge in [-0.2, -0.15) is 8.75 Å². The molecule has 0 aromatic carbocycles. The van der Waals surface area contributed by atoms with E-state index in [1.54, 1.807) is 6.20 Å². The second-order valence-corrected chi connectivity index (χ2v) is 3.24. The number of aromatic nitrogens is 3. The fourth-order valence-electron chi connectivity index (χ4n) is 1.18. The van der Waals surface area contributed by atoms with Crippen LogP contribution in [0.4, 0.5) is 0 Å². The van der Waals surface area contributed by atoms with Gasteiger partial charge in [-0.15, -0.1) is 0 Å². The minimum Gasteiger partial charge on any atom is -0.390 e. The summed E-state index contributed by atoms with van der Waals surface area (Å²) >= 11 is 1.20. The molecule has 0 unspecified atom stereocenters. The van der Waals surface area contributed by atoms with Crippen molar-refractivity contribution in [2.75, 3.05) is 0 Å². The van der Waals surface area contributed by atoms with E-state index in [-0.39, 0.29) is 6.61 Å². The number of nitrogens with zero attached hydrogens (tertiary/aromatic N) is 3. The van der Waals surface area contributed by atoms with Crippen LogP contribution in [0.15, 0.2) is 24.5 Å². The third-order valence-electron chi connectivity index (χ3n) is 1.82. The van der Waals surface area contributed by atoms with Gasteiger partial charge in [0.15, 0.2) is 0 Å². The Morgan fingerprint density at radius 2 is 2.46 bits per heavy atom. The molecule has 2 heterocycles. The highest BCUT2D eigenvalue weighted by molar-refractivity contribution is 6.99. The molecule has 0 atom stereocenters. The second-order valence-electron chi connectivity index (χ2n) is 2.68. The van der Waals surface area contributed by atoms with Gasteiger partial charge in [0.05, 0.1) is 36.8 Å². The van der Waals surface area contributed by atoms with E-state index in [4.69, 9.17) is 5.11 Å². The summed E-state index contributed by atoms with van der Waals surface area (Å²) in [5.41, 5.74) is 1.82. The summed E-state index contributed by atoms with van der Waals surface area (Å²) in [6.45, 7) is 0.740. The monoisotopic (exact) mass is 195 g/mol. The van der Waals surface area contributed by atoms with E-state index in [9.17, 15) is 0 Å². The van der Waals surface area contributed by atoms with Crippen LogP contribution < -0.4 is 0 Å². The van der Waals surface area contributed by atoms with Crippen molar-refractivity contribution in [3.63, 3.8) is 0 Å². The van der Waals surface area contributed by atoms with Gasteiger partial charge in [-0.3, -0.25) is 0 Å². The Labute approximate surface area is 79.8 Å². The van der Waals surface area contributed by atoms with E-state index in [1.165, 1.54) is 11.7 Å². The summed E-state index contributed by atoms with van der Waals surface area (Å²) in [5.74, 6) is 0. The molecule has 68 valence electrons. The van der Waals surface area contributed by atoms with Crippen LogP contribution in [-0.4, -0.2) is 18.4 Å². The van der Waals surface area contributed by atoms with Crippen molar-refractivity contribution in [3.8, 4) is 0 Å². The number of hydrogen-bond donors (Lipinski definition) is 1. The molecule has 0 bridgehead atoms. The van der Waals surface area contributed by atoms with Gasteiger partial charge in [0.25, 0.3) is 0 Å². The lowest BCUT2D eigenvalue weighted by atomic mass is 10.4. The number of aliphatic hydroxyl groups is 1. The zero-order chi connectivity index (χ0) is 9.10. The van der Waals surface area contributed by atoms with Crippen molar-refractivity contribution in [1.82, 2.24) is 13.3 Å². The summed E-state index contributed by atoms with van der Waals surface area (Å²) in [5, 5.41) is 8.98. The molecule has 13 heavy (non-hydrogen) atoms. The Morgan fingerprint density at radius 3 is 3.15 bits per heavy atom. The minimum absolute atomic E-state index is 0.0601. The molecule has 0 aliphatic rings. The first-order valence-corrected chi connectivity index (χ1v) is 4.64. The average Bonchev–Trinajstić information content (AvgIpc) is 2.76. The molecule has 0 radical (unpaired) electrons. The van der Waals surface area contributed by atoms with Crippen molar-refractivity contribution in [1.29, 1.82) is 0 Å². The van der Waals surface area contributed by atoms with Gasteiger partial charge in [0.2, 0.25) is 0 Å². The zero-order valence-electron chi connectivity index (χ0n) is 6.92. The maximum atomic E-state index is 8.98. The highest BCUT2D eigenvalue weighted by Crippen LogP contribution is 2.05. The van der Waals surface area contributed by atoms with Crippen LogP contribution in [0.2, 0.25) is 0 Å². The van der Waals surface area contributed by atoms with Crippen LogP contribution in [-0.2, 0) is 13.2 Å². The molecule has 0 saturated carbocycles. The molecule has 2 aromatic heterocycles. The molecule has 2 aromatic rings. The molecule has 5 heteroatoms. The van der Waals surface area contributed by atoms with Crippen molar-refractivity contribution in [3.05, 3.63) is 35.9 Å². The van der Waals surface area contributed by atoms with E-state index in [1.807, 2.05) is 22.9 Å². The van der Waals surface area contributed by atoms with Crippen LogP contribution in [0.3, 0.4) is 0 Å². The van der Waals surface area contributed by atoms with Gasteiger partial charge in [0.1, 0.15) is 0 Å². The second kappa shape index (κ2) is 3.68. The van der Waals surface area contributed by atoms with E-state index < -0.39 is 0 Å². The molecule has 0 amide bonds. The Morgan fingerprint density at radius 1 is 1.54 bits per heavy atom. The summed E-state index contributed by atoms with van der Waals surface area (Å²) in [7, 11) is 0. The Hall–Kier alpha value is -1.20. The lowest BCUT2D eigenvalue weighted by Gasteiger charge is -2.03. The number of aliphatic hydroxyl groups excluding tert-OH is 1. The first-order chi connectivity index (χ1) is 6.40. The molecule has 2 rings (SSSR count). The maximum absolute atomic E-state index is 8.98. The van der Waals surface area contributed by atoms with Crippen LogP contribution in [0.25, 0.3) is 0 Å². The van der Waals surface area contributed by atoms with Gasteiger partial charge >= 0.3 is 0 Å². The van der Waals surface area contributed by atoms with Crippen molar-refractivity contribution >= 4 is 11.7 Å². The van der Waals surface area contributed by atoms with E-state index in [2.05, 4.69) is 8.75 Å². The van der Waals surface area contributed by atoms with E-state index in [0.717, 1.165) is 11.4 Å². The fourth-order valence-corrected chi connectivity index (χ4v) is 1.60. The molecule has 0 aliphatic heterocycles. The quantitative estimate of drug-likeness (QED) is 0.791. The number of rotatable bonds is 3. The van der Waals surface area contributed by atoms with Gasteiger partial charge in [-0.25, -0.2) is 0 Å². The molecular formula is C8H9N3OS. The molecule has 0 spiro atoms. The largest absolute Gasteiger partial charge is 0.390 e. The smallest absolute Gasteiger partial charge is 0.0940 e. The normalized spacial score (nSPS) is 10.5. The summed E-state index contributed by atoms with van der Waals surface area (Å²) in [4.78, 5) is 0. The summed E-state index contributed by atoms with van der Waals surface area (Å²) < 4.78 is 9.96. The van der Waals surface area contributed by atoms with Crippen LogP contribution >= 0.6 is 11.7 Å². The first-order valence-electron chi connectivity index (χ1n) is 3.91. The highest BCUT2D eigenvalue weighted by atomic mass is 32.1. The first kappa shape index (κ1) is 8.40. The predicted octanol–water partition coefficient (Wildman–Crippen LogP) is 0.880. The van der Waals surface area contributed by atoms with Gasteiger partial charge < -0.3 is 9.67 Å². The van der Waals surface area contributed by atoms with Crippen molar-refractivity contribution in [2.24, 2.45) is 0 Å². The molecular weight excluding hydrogens is 186 g/mol. The molecule has 1 N–H and O–H groups in total. The Balaban J connectivity index is 2.18. The molecule has 0 saturated heterocycles. The lowest BCUT2D eigenvalue weighted by Crippen LogP contribution is -2.02. The zero-order valence-corrected chi connectivity index (χ0v) is 7.74. The van der Waals surface area contributed by atoms with Crippen LogP contribution in [0, 0.1) is 0 Å². The summed E-state index contributed by atoms with van der Waals surface area (Å²) in [6, 6.07) is 3.80. The summed E-state index contributed by atoms with van der Waals surface area (Å²) in [6.07, 6.45) is 3.66. The van der Waals surface area contributed by atoms with E-state index >= 15 is 0 Å². The minimum atomic E-state index is 0.0601. The van der Waals surface area contributed by atoms with Crippen LogP contribution in [0.1, 0.15) is 11.4 Å². The van der Waals surface area contributed by atoms with Crippen LogP contribution in [0.5, 0.6) is 0 Å². The maximum Gasteiger partial charge on any atom is 0.0940 e. The molecule has 0 fully saturated rings. The third-order valence-corrected chi connectivity index (χ3v) is 2.34. The topological polar surface area (TPSA) is 50.9 Å². The lowest BCUT2D eigenvalue weighted by molar-refractivity contribution is 0.271. The van der Waals surface area contributed by atoms with Crippen molar-refractivity contribution in [2.45, 2.75) is 13.2 Å². The Bertz CT molecular complexity index is 368. The molecule has 0 aliphatic carbocycles. The van der Waals surface area contributed by atoms with Gasteiger partial charge in [-0.1, -0.05) is 0 Å².